The second-order valence-corrected chi connectivity index (χ2v) is 4.74. The van der Waals surface area contributed by atoms with Gasteiger partial charge in [0.1, 0.15) is 0 Å². The highest BCUT2D eigenvalue weighted by atomic mass is 35.5. The number of nitrogens with one attached hydrogen (secondary N) is 1. The van der Waals surface area contributed by atoms with Crippen molar-refractivity contribution >= 4 is 24.0 Å². The summed E-state index contributed by atoms with van der Waals surface area (Å²) < 4.78 is 5.30. The molecular weight excluding hydrogens is 264 g/mol. The average molecular weight is 287 g/mol. The Balaban J connectivity index is 0.00000324. The van der Waals surface area contributed by atoms with E-state index >= 15 is 0 Å². The first-order chi connectivity index (χ1) is 8.52. The lowest BCUT2D eigenvalue weighted by Crippen LogP contribution is -2.36. The highest BCUT2D eigenvalue weighted by molar-refractivity contribution is 5.85. The van der Waals surface area contributed by atoms with Crippen molar-refractivity contribution < 1.29 is 9.53 Å². The van der Waals surface area contributed by atoms with Gasteiger partial charge in [0.2, 0.25) is 5.91 Å². The number of amides is 1. The molecule has 1 unspecified atom stereocenters. The fourth-order valence-corrected chi connectivity index (χ4v) is 1.69. The molecule has 0 radical (unpaired) electrons. The molecule has 0 aromatic heterocycles. The minimum absolute atomic E-state index is 0. The van der Waals surface area contributed by atoms with E-state index < -0.39 is 0 Å². The topological polar surface area (TPSA) is 64.3 Å². The van der Waals surface area contributed by atoms with Gasteiger partial charge in [0, 0.05) is 19.3 Å². The van der Waals surface area contributed by atoms with Crippen molar-refractivity contribution in [3.05, 3.63) is 29.8 Å². The van der Waals surface area contributed by atoms with Crippen LogP contribution in [-0.2, 0) is 16.0 Å². The van der Waals surface area contributed by atoms with E-state index in [0.29, 0.717) is 24.6 Å². The molecule has 0 bridgehead atoms. The molecule has 3 N–H and O–H groups in total. The third-order valence-corrected chi connectivity index (χ3v) is 2.89. The minimum atomic E-state index is 0. The van der Waals surface area contributed by atoms with Gasteiger partial charge in [0.25, 0.3) is 0 Å². The summed E-state index contributed by atoms with van der Waals surface area (Å²) in [6.45, 7) is 4.68. The normalized spacial score (nSPS) is 11.8. The van der Waals surface area contributed by atoms with Crippen LogP contribution >= 0.6 is 12.4 Å². The summed E-state index contributed by atoms with van der Waals surface area (Å²) in [5, 5.41) is 2.88. The lowest BCUT2D eigenvalue weighted by atomic mass is 10.1. The molecule has 0 aliphatic carbocycles. The van der Waals surface area contributed by atoms with Crippen molar-refractivity contribution in [2.24, 2.45) is 5.92 Å². The van der Waals surface area contributed by atoms with Gasteiger partial charge < -0.3 is 15.8 Å². The number of anilines is 1. The Morgan fingerprint density at radius 1 is 1.32 bits per heavy atom. The Morgan fingerprint density at radius 3 is 2.37 bits per heavy atom. The van der Waals surface area contributed by atoms with E-state index in [1.807, 2.05) is 12.1 Å². The summed E-state index contributed by atoms with van der Waals surface area (Å²) in [6, 6.07) is 7.33. The summed E-state index contributed by atoms with van der Waals surface area (Å²) >= 11 is 0. The summed E-state index contributed by atoms with van der Waals surface area (Å²) in [4.78, 5) is 11.7. The predicted molar refractivity (Wildman–Crippen MR) is 80.5 cm³/mol. The molecule has 0 fully saturated rings. The molecule has 108 valence electrons. The molecule has 19 heavy (non-hydrogen) atoms. The molecule has 0 aliphatic heterocycles. The van der Waals surface area contributed by atoms with Crippen LogP contribution in [0.3, 0.4) is 0 Å². The Labute approximate surface area is 121 Å². The quantitative estimate of drug-likeness (QED) is 0.787. The molecule has 4 nitrogen and oxygen atoms in total. The van der Waals surface area contributed by atoms with E-state index in [4.69, 9.17) is 10.5 Å². The van der Waals surface area contributed by atoms with E-state index in [1.165, 1.54) is 0 Å². The van der Waals surface area contributed by atoms with Crippen molar-refractivity contribution in [1.29, 1.82) is 0 Å². The molecular formula is C14H23ClN2O2. The molecule has 1 amide bonds. The summed E-state index contributed by atoms with van der Waals surface area (Å²) in [6.07, 6.45) is 0.426. The fraction of sp³-hybridized carbons (Fsp3) is 0.500. The lowest BCUT2D eigenvalue weighted by molar-refractivity contribution is -0.121. The van der Waals surface area contributed by atoms with Gasteiger partial charge in [-0.1, -0.05) is 26.0 Å². The smallest absolute Gasteiger partial charge is 0.224 e. The van der Waals surface area contributed by atoms with E-state index in [9.17, 15) is 4.79 Å². The molecule has 5 heteroatoms. The molecule has 0 saturated carbocycles. The Hall–Kier alpha value is -1.26. The van der Waals surface area contributed by atoms with Crippen LogP contribution in [0.25, 0.3) is 0 Å². The molecule has 0 spiro atoms. The van der Waals surface area contributed by atoms with Crippen molar-refractivity contribution in [3.8, 4) is 0 Å². The van der Waals surface area contributed by atoms with Crippen LogP contribution < -0.4 is 11.1 Å². The van der Waals surface area contributed by atoms with Gasteiger partial charge in [0.15, 0.2) is 0 Å². The Kier molecular flexibility index (Phi) is 8.19. The molecule has 1 rings (SSSR count). The van der Waals surface area contributed by atoms with Crippen LogP contribution in [0.5, 0.6) is 0 Å². The van der Waals surface area contributed by atoms with Crippen LogP contribution in [0.15, 0.2) is 24.3 Å². The molecule has 0 saturated heterocycles. The second-order valence-electron chi connectivity index (χ2n) is 4.74. The number of hydrogen-bond acceptors (Lipinski definition) is 3. The highest BCUT2D eigenvalue weighted by Crippen LogP contribution is 2.07. The highest BCUT2D eigenvalue weighted by Gasteiger charge is 2.13. The standard InChI is InChI=1S/C14H22N2O2.ClH/c1-10(2)13(18-3)9-16-14(17)8-11-4-6-12(15)7-5-11;/h4-7,10,13H,8-9,15H2,1-3H3,(H,16,17);1H. The van der Waals surface area contributed by atoms with Crippen molar-refractivity contribution in [2.45, 2.75) is 26.4 Å². The zero-order chi connectivity index (χ0) is 13.5. The Morgan fingerprint density at radius 2 is 1.89 bits per heavy atom. The third kappa shape index (κ3) is 6.45. The van der Waals surface area contributed by atoms with Gasteiger partial charge in [-0.15, -0.1) is 12.4 Å². The van der Waals surface area contributed by atoms with Gasteiger partial charge in [-0.3, -0.25) is 4.79 Å². The third-order valence-electron chi connectivity index (χ3n) is 2.89. The van der Waals surface area contributed by atoms with Crippen molar-refractivity contribution in [2.75, 3.05) is 19.4 Å². The van der Waals surface area contributed by atoms with E-state index in [-0.39, 0.29) is 24.4 Å². The molecule has 1 aromatic carbocycles. The van der Waals surface area contributed by atoms with Crippen molar-refractivity contribution in [3.63, 3.8) is 0 Å². The van der Waals surface area contributed by atoms with Crippen LogP contribution in [0.2, 0.25) is 0 Å². The second kappa shape index (κ2) is 8.77. The number of halogens is 1. The van der Waals surface area contributed by atoms with Gasteiger partial charge in [-0.05, 0) is 23.6 Å². The zero-order valence-electron chi connectivity index (χ0n) is 11.7. The number of carbonyl (C=O) groups is 1. The SMILES string of the molecule is COC(CNC(=O)Cc1ccc(N)cc1)C(C)C.Cl. The number of benzene rings is 1. The first-order valence-corrected chi connectivity index (χ1v) is 6.17. The first kappa shape index (κ1) is 17.7. The summed E-state index contributed by atoms with van der Waals surface area (Å²) in [7, 11) is 1.66. The average Bonchev–Trinajstić information content (AvgIpc) is 2.32. The summed E-state index contributed by atoms with van der Waals surface area (Å²) in [5.74, 6) is 0.384. The van der Waals surface area contributed by atoms with Gasteiger partial charge >= 0.3 is 0 Å². The van der Waals surface area contributed by atoms with E-state index in [2.05, 4.69) is 19.2 Å². The van der Waals surface area contributed by atoms with Gasteiger partial charge in [-0.25, -0.2) is 0 Å². The largest absolute Gasteiger partial charge is 0.399 e. The number of hydrogen-bond donors (Lipinski definition) is 2. The zero-order valence-corrected chi connectivity index (χ0v) is 12.5. The maximum atomic E-state index is 11.7. The molecule has 1 aromatic rings. The number of methoxy groups -OCH3 is 1. The van der Waals surface area contributed by atoms with Crippen LogP contribution in [0.1, 0.15) is 19.4 Å². The molecule has 0 aliphatic rings. The molecule has 0 heterocycles. The predicted octanol–water partition coefficient (Wildman–Crippen LogP) is 2.02. The maximum Gasteiger partial charge on any atom is 0.224 e. The molecule has 1 atom stereocenters. The number of ether oxygens (including phenoxy) is 1. The number of nitrogen functional groups attached to an aromatic ring is 1. The van der Waals surface area contributed by atoms with Gasteiger partial charge in [0.05, 0.1) is 12.5 Å². The Bertz CT molecular complexity index is 380. The van der Waals surface area contributed by atoms with Crippen LogP contribution in [0, 0.1) is 5.92 Å². The van der Waals surface area contributed by atoms with Gasteiger partial charge in [-0.2, -0.15) is 0 Å². The first-order valence-electron chi connectivity index (χ1n) is 6.17. The number of carbonyl (C=O) groups excluding carboxylic acids is 1. The monoisotopic (exact) mass is 286 g/mol. The fourth-order valence-electron chi connectivity index (χ4n) is 1.69. The minimum Gasteiger partial charge on any atom is -0.399 e. The van der Waals surface area contributed by atoms with Crippen molar-refractivity contribution in [1.82, 2.24) is 5.32 Å². The number of rotatable bonds is 6. The van der Waals surface area contributed by atoms with Crippen LogP contribution in [0.4, 0.5) is 5.69 Å². The van der Waals surface area contributed by atoms with Crippen LogP contribution in [-0.4, -0.2) is 25.7 Å². The lowest BCUT2D eigenvalue weighted by Gasteiger charge is -2.19. The van der Waals surface area contributed by atoms with E-state index in [1.54, 1.807) is 19.2 Å². The maximum absolute atomic E-state index is 11.7. The summed E-state index contributed by atoms with van der Waals surface area (Å²) in [5.41, 5.74) is 7.26. The number of nitrogens with two attached hydrogens (primary N) is 1. The van der Waals surface area contributed by atoms with E-state index in [0.717, 1.165) is 5.56 Å².